The minimum Gasteiger partial charge on any atom is -0.486 e. The van der Waals surface area contributed by atoms with Crippen LogP contribution >= 0.6 is 0 Å². The van der Waals surface area contributed by atoms with Gasteiger partial charge >= 0.3 is 0 Å². The van der Waals surface area contributed by atoms with Crippen molar-refractivity contribution in [3.05, 3.63) is 30.0 Å². The molecule has 114 valence electrons. The van der Waals surface area contributed by atoms with Gasteiger partial charge in [-0.25, -0.2) is 4.68 Å². The maximum absolute atomic E-state index is 12.3. The van der Waals surface area contributed by atoms with Crippen LogP contribution in [-0.2, 0) is 6.54 Å². The highest BCUT2D eigenvalue weighted by Gasteiger charge is 2.19. The van der Waals surface area contributed by atoms with Crippen molar-refractivity contribution in [3.8, 4) is 17.4 Å². The molecule has 22 heavy (non-hydrogen) atoms. The third kappa shape index (κ3) is 2.34. The van der Waals surface area contributed by atoms with Gasteiger partial charge in [-0.15, -0.1) is 0 Å². The van der Waals surface area contributed by atoms with Crippen LogP contribution in [0.1, 0.15) is 16.9 Å². The summed E-state index contributed by atoms with van der Waals surface area (Å²) in [6.07, 6.45) is 0.901. The van der Waals surface area contributed by atoms with Gasteiger partial charge in [0.15, 0.2) is 17.2 Å². The number of benzene rings is 1. The number of rotatable bonds is 2. The van der Waals surface area contributed by atoms with Crippen LogP contribution in [0.4, 0.5) is 5.69 Å². The molecule has 0 spiro atoms. The number of aromatic nitrogens is 2. The van der Waals surface area contributed by atoms with Crippen LogP contribution in [0.25, 0.3) is 0 Å². The molecule has 0 fully saturated rings. The van der Waals surface area contributed by atoms with Crippen molar-refractivity contribution in [2.45, 2.75) is 13.0 Å². The molecule has 1 amide bonds. The molecule has 0 unspecified atom stereocenters. The lowest BCUT2D eigenvalue weighted by atomic mass is 10.2. The lowest BCUT2D eigenvalue weighted by molar-refractivity contribution is 0.102. The zero-order valence-corrected chi connectivity index (χ0v) is 11.9. The van der Waals surface area contributed by atoms with Gasteiger partial charge < -0.3 is 19.5 Å². The lowest BCUT2D eigenvalue weighted by Gasteiger charge is -2.18. The first-order valence-electron chi connectivity index (χ1n) is 7.21. The van der Waals surface area contributed by atoms with E-state index in [1.54, 1.807) is 28.9 Å². The van der Waals surface area contributed by atoms with E-state index in [1.807, 2.05) is 0 Å². The number of carbonyl (C=O) groups excluding carboxylic acids is 1. The highest BCUT2D eigenvalue weighted by Crippen LogP contribution is 2.32. The number of carbonyl (C=O) groups is 1. The molecule has 2 aliphatic rings. The summed E-state index contributed by atoms with van der Waals surface area (Å²) in [5.74, 6) is 1.69. The van der Waals surface area contributed by atoms with Gasteiger partial charge in [-0.05, 0) is 12.1 Å². The Kier molecular flexibility index (Phi) is 3.10. The minimum atomic E-state index is -0.276. The second kappa shape index (κ2) is 5.25. The van der Waals surface area contributed by atoms with Crippen LogP contribution in [0.3, 0.4) is 0 Å². The van der Waals surface area contributed by atoms with E-state index in [2.05, 4.69) is 10.4 Å². The maximum Gasteiger partial charge on any atom is 0.276 e. The highest BCUT2D eigenvalue weighted by atomic mass is 16.6. The van der Waals surface area contributed by atoms with Crippen molar-refractivity contribution in [3.63, 3.8) is 0 Å². The van der Waals surface area contributed by atoms with Crippen molar-refractivity contribution in [1.82, 2.24) is 9.78 Å². The Hall–Kier alpha value is -2.70. The molecule has 3 heterocycles. The molecular weight excluding hydrogens is 286 g/mol. The zero-order chi connectivity index (χ0) is 14.9. The first-order valence-corrected chi connectivity index (χ1v) is 7.21. The molecule has 7 nitrogen and oxygen atoms in total. The van der Waals surface area contributed by atoms with E-state index in [1.165, 1.54) is 0 Å². The van der Waals surface area contributed by atoms with Crippen molar-refractivity contribution >= 4 is 11.6 Å². The van der Waals surface area contributed by atoms with E-state index in [9.17, 15) is 4.79 Å². The molecule has 0 radical (unpaired) electrons. The summed E-state index contributed by atoms with van der Waals surface area (Å²) in [6, 6.07) is 6.97. The smallest absolute Gasteiger partial charge is 0.276 e. The van der Waals surface area contributed by atoms with Crippen molar-refractivity contribution in [2.24, 2.45) is 0 Å². The Labute approximate surface area is 126 Å². The monoisotopic (exact) mass is 301 g/mol. The second-order valence-corrected chi connectivity index (χ2v) is 5.11. The maximum atomic E-state index is 12.3. The molecule has 1 aromatic carbocycles. The molecular formula is C15H15N3O4. The summed E-state index contributed by atoms with van der Waals surface area (Å²) in [5.41, 5.74) is 0.980. The number of ether oxygens (including phenoxy) is 3. The highest BCUT2D eigenvalue weighted by molar-refractivity contribution is 6.03. The predicted molar refractivity (Wildman–Crippen MR) is 77.7 cm³/mol. The van der Waals surface area contributed by atoms with Crippen LogP contribution in [0.15, 0.2) is 24.3 Å². The van der Waals surface area contributed by atoms with Crippen LogP contribution < -0.4 is 19.5 Å². The molecule has 0 aliphatic carbocycles. The number of nitrogens with one attached hydrogen (secondary N) is 1. The summed E-state index contributed by atoms with van der Waals surface area (Å²) in [4.78, 5) is 12.3. The largest absolute Gasteiger partial charge is 0.486 e. The molecule has 2 aliphatic heterocycles. The number of fused-ring (bicyclic) bond motifs is 2. The Morgan fingerprint density at radius 1 is 1.09 bits per heavy atom. The Morgan fingerprint density at radius 3 is 2.82 bits per heavy atom. The van der Waals surface area contributed by atoms with Gasteiger partial charge in [-0.2, -0.15) is 5.10 Å². The number of aryl methyl sites for hydroxylation is 1. The SMILES string of the molecule is O=C(Nc1ccc2c(c1)OCCO2)c1cc2n(n1)CCCO2. The van der Waals surface area contributed by atoms with Crippen molar-refractivity contribution in [2.75, 3.05) is 25.1 Å². The van der Waals surface area contributed by atoms with Gasteiger partial charge in [0.05, 0.1) is 6.61 Å². The van der Waals surface area contributed by atoms with Crippen LogP contribution in [0.5, 0.6) is 17.4 Å². The average Bonchev–Trinajstić information content (AvgIpc) is 2.99. The Morgan fingerprint density at radius 2 is 1.95 bits per heavy atom. The summed E-state index contributed by atoms with van der Waals surface area (Å²) < 4.78 is 18.1. The van der Waals surface area contributed by atoms with Crippen LogP contribution in [0, 0.1) is 0 Å². The number of nitrogens with zero attached hydrogens (tertiary/aromatic N) is 2. The fraction of sp³-hybridized carbons (Fsp3) is 0.333. The van der Waals surface area contributed by atoms with E-state index in [0.717, 1.165) is 13.0 Å². The summed E-state index contributed by atoms with van der Waals surface area (Å²) in [7, 11) is 0. The number of anilines is 1. The predicted octanol–water partition coefficient (Wildman–Crippen LogP) is 1.69. The van der Waals surface area contributed by atoms with E-state index in [0.29, 0.717) is 48.6 Å². The van der Waals surface area contributed by atoms with Crippen molar-refractivity contribution in [1.29, 1.82) is 0 Å². The summed E-state index contributed by atoms with van der Waals surface area (Å²) in [5, 5.41) is 7.07. The van der Waals surface area contributed by atoms with Gasteiger partial charge in [0.1, 0.15) is 13.2 Å². The normalized spacial score (nSPS) is 15.6. The molecule has 0 bridgehead atoms. The average molecular weight is 301 g/mol. The van der Waals surface area contributed by atoms with Gasteiger partial charge in [-0.3, -0.25) is 4.79 Å². The fourth-order valence-corrected chi connectivity index (χ4v) is 2.49. The Bertz CT molecular complexity index is 702. The molecule has 1 aromatic heterocycles. The Balaban J connectivity index is 1.53. The molecule has 7 heteroatoms. The molecule has 2 aromatic rings. The van der Waals surface area contributed by atoms with Crippen LogP contribution in [0.2, 0.25) is 0 Å². The topological polar surface area (TPSA) is 74.6 Å². The minimum absolute atomic E-state index is 0.276. The van der Waals surface area contributed by atoms with E-state index in [4.69, 9.17) is 14.2 Å². The standard InChI is InChI=1S/C15H15N3O4/c19-15(11-9-14-18(17-11)4-1-5-22-14)16-10-2-3-12-13(8-10)21-7-6-20-12/h2-3,8-9H,1,4-7H2,(H,16,19). The van der Waals surface area contributed by atoms with E-state index < -0.39 is 0 Å². The molecule has 1 N–H and O–H groups in total. The number of hydrogen-bond acceptors (Lipinski definition) is 5. The quantitative estimate of drug-likeness (QED) is 0.913. The second-order valence-electron chi connectivity index (χ2n) is 5.11. The first kappa shape index (κ1) is 13.0. The van der Waals surface area contributed by atoms with Gasteiger partial charge in [-0.1, -0.05) is 0 Å². The van der Waals surface area contributed by atoms with Crippen molar-refractivity contribution < 1.29 is 19.0 Å². The van der Waals surface area contributed by atoms with E-state index >= 15 is 0 Å². The third-order valence-electron chi connectivity index (χ3n) is 3.54. The van der Waals surface area contributed by atoms with Gasteiger partial charge in [0.25, 0.3) is 5.91 Å². The fourth-order valence-electron chi connectivity index (χ4n) is 2.49. The number of hydrogen-bond donors (Lipinski definition) is 1. The molecule has 0 saturated heterocycles. The van der Waals surface area contributed by atoms with E-state index in [-0.39, 0.29) is 5.91 Å². The van der Waals surface area contributed by atoms with Crippen LogP contribution in [-0.4, -0.2) is 35.5 Å². The molecule has 0 saturated carbocycles. The first-order chi connectivity index (χ1) is 10.8. The molecule has 4 rings (SSSR count). The third-order valence-corrected chi connectivity index (χ3v) is 3.54. The van der Waals surface area contributed by atoms with Gasteiger partial charge in [0, 0.05) is 30.8 Å². The summed E-state index contributed by atoms with van der Waals surface area (Å²) in [6.45, 7) is 2.48. The zero-order valence-electron chi connectivity index (χ0n) is 11.9. The number of amides is 1. The summed E-state index contributed by atoms with van der Waals surface area (Å²) >= 11 is 0. The van der Waals surface area contributed by atoms with Gasteiger partial charge in [0.2, 0.25) is 5.88 Å². The molecule has 0 atom stereocenters. The lowest BCUT2D eigenvalue weighted by Crippen LogP contribution is -2.17.